The first-order chi connectivity index (χ1) is 16.8. The van der Waals surface area contributed by atoms with E-state index < -0.39 is 0 Å². The Bertz CT molecular complexity index is 1160. The van der Waals surface area contributed by atoms with Gasteiger partial charge in [-0.3, -0.25) is 9.79 Å². The number of rotatable bonds is 13. The molecule has 0 aliphatic heterocycles. The van der Waals surface area contributed by atoms with E-state index in [1.165, 1.54) is 6.33 Å². The van der Waals surface area contributed by atoms with Gasteiger partial charge in [0.25, 0.3) is 0 Å². The first kappa shape index (κ1) is 25.9. The number of amides is 1. The maximum absolute atomic E-state index is 10.7. The van der Waals surface area contributed by atoms with E-state index in [0.29, 0.717) is 42.0 Å². The monoisotopic (exact) mass is 482 g/mol. The second-order valence-electron chi connectivity index (χ2n) is 8.64. The fourth-order valence-corrected chi connectivity index (χ4v) is 3.60. The summed E-state index contributed by atoms with van der Waals surface area (Å²) in [6.07, 6.45) is 3.88. The molecule has 0 fully saturated rings. The van der Waals surface area contributed by atoms with E-state index in [4.69, 9.17) is 4.74 Å². The van der Waals surface area contributed by atoms with Crippen LogP contribution in [0.1, 0.15) is 11.1 Å². The van der Waals surface area contributed by atoms with Crippen LogP contribution < -0.4 is 10.1 Å². The Morgan fingerprint density at radius 3 is 2.69 bits per heavy atom. The van der Waals surface area contributed by atoms with Crippen molar-refractivity contribution >= 4 is 35.2 Å². The number of carbonyl (C=O) groups excluding carboxylic acids is 1. The number of likely N-dealkylation sites (N-methyl/N-ethyl adjacent to an activating group) is 2. The molecule has 2 aromatic heterocycles. The summed E-state index contributed by atoms with van der Waals surface area (Å²) in [5.74, 6) is 1.38. The quantitative estimate of drug-likeness (QED) is 0.250. The number of nitrogens with one attached hydrogen (secondary N) is 2. The fourth-order valence-electron chi connectivity index (χ4n) is 3.60. The average Bonchev–Trinajstić information content (AvgIpc) is 3.16. The number of fused-ring (bicyclic) bond motifs is 1. The number of aromatic hydroxyl groups is 1. The second-order valence-corrected chi connectivity index (χ2v) is 8.64. The molecule has 0 radical (unpaired) electrons. The van der Waals surface area contributed by atoms with Gasteiger partial charge in [0.2, 0.25) is 6.41 Å². The number of methoxy groups -OCH3 is 1. The van der Waals surface area contributed by atoms with Gasteiger partial charge in [-0.15, -0.1) is 0 Å². The molecule has 1 aromatic carbocycles. The number of ether oxygens (including phenoxy) is 1. The lowest BCUT2D eigenvalue weighted by molar-refractivity contribution is -0.117. The van der Waals surface area contributed by atoms with E-state index in [2.05, 4.69) is 35.1 Å². The normalized spacial score (nSPS) is 11.6. The van der Waals surface area contributed by atoms with Gasteiger partial charge in [-0.05, 0) is 39.3 Å². The van der Waals surface area contributed by atoms with E-state index in [1.807, 2.05) is 39.3 Å². The summed E-state index contributed by atoms with van der Waals surface area (Å²) in [5.41, 5.74) is 2.79. The van der Waals surface area contributed by atoms with Gasteiger partial charge < -0.3 is 34.8 Å². The maximum Gasteiger partial charge on any atom is 0.209 e. The molecule has 0 aliphatic carbocycles. The summed E-state index contributed by atoms with van der Waals surface area (Å²) in [5, 5.41) is 14.5. The first-order valence-corrected chi connectivity index (χ1v) is 11.3. The summed E-state index contributed by atoms with van der Waals surface area (Å²) < 4.78 is 5.46. The Kier molecular flexibility index (Phi) is 8.98. The smallest absolute Gasteiger partial charge is 0.209 e. The summed E-state index contributed by atoms with van der Waals surface area (Å²) in [7, 11) is 9.39. The second kappa shape index (κ2) is 12.1. The van der Waals surface area contributed by atoms with Gasteiger partial charge in [0.1, 0.15) is 23.5 Å². The third kappa shape index (κ3) is 6.90. The molecule has 1 amide bonds. The molecule has 0 bridgehead atoms. The number of H-pyrrole nitrogens is 1. The molecule has 11 nitrogen and oxygen atoms in total. The molecule has 3 rings (SSSR count). The van der Waals surface area contributed by atoms with Crippen molar-refractivity contribution in [1.29, 1.82) is 0 Å². The Labute approximate surface area is 205 Å². The van der Waals surface area contributed by atoms with Crippen molar-refractivity contribution in [2.75, 3.05) is 66.8 Å². The predicted molar refractivity (Wildman–Crippen MR) is 138 cm³/mol. The number of nitrogens with zero attached hydrogens (tertiary/aromatic N) is 6. The van der Waals surface area contributed by atoms with E-state index in [1.54, 1.807) is 25.3 Å². The van der Waals surface area contributed by atoms with Crippen molar-refractivity contribution < 1.29 is 14.6 Å². The van der Waals surface area contributed by atoms with Crippen LogP contribution in [0.2, 0.25) is 0 Å². The molecule has 3 aromatic rings. The lowest BCUT2D eigenvalue weighted by Gasteiger charge is -2.19. The van der Waals surface area contributed by atoms with Crippen LogP contribution >= 0.6 is 0 Å². The van der Waals surface area contributed by atoms with Gasteiger partial charge in [0.15, 0.2) is 5.88 Å². The highest BCUT2D eigenvalue weighted by Gasteiger charge is 2.15. The topological polar surface area (TPSA) is 122 Å². The highest BCUT2D eigenvalue weighted by atomic mass is 16.5. The minimum Gasteiger partial charge on any atom is -0.496 e. The average molecular weight is 483 g/mol. The van der Waals surface area contributed by atoms with Gasteiger partial charge in [-0.25, -0.2) is 9.97 Å². The minimum absolute atomic E-state index is 0.0247. The lowest BCUT2D eigenvalue weighted by atomic mass is 10.1. The summed E-state index contributed by atoms with van der Waals surface area (Å²) in [4.78, 5) is 32.7. The fraction of sp³-hybridized carbons (Fsp3) is 0.417. The molecular formula is C24H34N8O3. The number of aliphatic imine (C=N–C) groups is 1. The number of anilines is 1. The summed E-state index contributed by atoms with van der Waals surface area (Å²) >= 11 is 0. The van der Waals surface area contributed by atoms with Crippen molar-refractivity contribution in [2.24, 2.45) is 4.99 Å². The molecule has 2 heterocycles. The zero-order valence-corrected chi connectivity index (χ0v) is 20.9. The maximum atomic E-state index is 10.7. The van der Waals surface area contributed by atoms with Crippen molar-refractivity contribution in [1.82, 2.24) is 29.7 Å². The van der Waals surface area contributed by atoms with Crippen LogP contribution in [0.3, 0.4) is 0 Å². The molecule has 0 aliphatic rings. The van der Waals surface area contributed by atoms with Crippen LogP contribution in [0, 0.1) is 0 Å². The standard InChI is InChI=1S/C24H34N8O3/c1-30(2)14-17-12-18(6-7-20(17)35-5)26-13-19-21-22(27-15-28-23(21)29-24(19)34)25-8-9-31(3)10-11-32(4)16-33/h6-7,12-13,15-16,34H,8-11,14H2,1-5H3,(H2,25,27,28,29). The molecule has 0 saturated heterocycles. The van der Waals surface area contributed by atoms with Crippen LogP contribution in [0.25, 0.3) is 11.0 Å². The van der Waals surface area contributed by atoms with Gasteiger partial charge in [0.05, 0.1) is 23.7 Å². The van der Waals surface area contributed by atoms with Crippen LogP contribution in [0.4, 0.5) is 11.5 Å². The minimum atomic E-state index is -0.0247. The summed E-state index contributed by atoms with van der Waals surface area (Å²) in [6.45, 7) is 3.51. The van der Waals surface area contributed by atoms with E-state index in [9.17, 15) is 9.90 Å². The molecule has 188 valence electrons. The van der Waals surface area contributed by atoms with Crippen molar-refractivity contribution in [3.05, 3.63) is 35.7 Å². The number of carbonyl (C=O) groups is 1. The van der Waals surface area contributed by atoms with E-state index in [-0.39, 0.29) is 5.88 Å². The van der Waals surface area contributed by atoms with Crippen LogP contribution in [-0.2, 0) is 11.3 Å². The van der Waals surface area contributed by atoms with E-state index >= 15 is 0 Å². The van der Waals surface area contributed by atoms with Crippen LogP contribution in [-0.4, -0.2) is 109 Å². The predicted octanol–water partition coefficient (Wildman–Crippen LogP) is 1.92. The third-order valence-electron chi connectivity index (χ3n) is 5.50. The molecule has 0 atom stereocenters. The number of hydrogen-bond acceptors (Lipinski definition) is 9. The Morgan fingerprint density at radius 2 is 1.97 bits per heavy atom. The SMILES string of the molecule is COc1ccc(N=Cc2c(O)[nH]c3ncnc(NCCN(C)CCN(C)C=O)c23)cc1CN(C)C. The Hall–Kier alpha value is -3.70. The van der Waals surface area contributed by atoms with E-state index in [0.717, 1.165) is 36.5 Å². The molecule has 3 N–H and O–H groups in total. The van der Waals surface area contributed by atoms with Crippen molar-refractivity contribution in [3.8, 4) is 11.6 Å². The van der Waals surface area contributed by atoms with Crippen LogP contribution in [0.15, 0.2) is 29.5 Å². The number of aromatic nitrogens is 3. The Balaban J connectivity index is 1.78. The molecular weight excluding hydrogens is 448 g/mol. The van der Waals surface area contributed by atoms with Gasteiger partial charge in [-0.1, -0.05) is 0 Å². The molecule has 0 unspecified atom stereocenters. The largest absolute Gasteiger partial charge is 0.496 e. The van der Waals surface area contributed by atoms with Gasteiger partial charge in [-0.2, -0.15) is 0 Å². The summed E-state index contributed by atoms with van der Waals surface area (Å²) in [6, 6.07) is 5.72. The molecule has 0 spiro atoms. The van der Waals surface area contributed by atoms with Gasteiger partial charge >= 0.3 is 0 Å². The molecule has 35 heavy (non-hydrogen) atoms. The van der Waals surface area contributed by atoms with Crippen molar-refractivity contribution in [3.63, 3.8) is 0 Å². The zero-order valence-electron chi connectivity index (χ0n) is 20.9. The van der Waals surface area contributed by atoms with Crippen LogP contribution in [0.5, 0.6) is 11.6 Å². The zero-order chi connectivity index (χ0) is 25.4. The number of aromatic amines is 1. The number of benzene rings is 1. The molecule has 11 heteroatoms. The Morgan fingerprint density at radius 1 is 1.17 bits per heavy atom. The first-order valence-electron chi connectivity index (χ1n) is 11.3. The highest BCUT2D eigenvalue weighted by Crippen LogP contribution is 2.30. The third-order valence-corrected chi connectivity index (χ3v) is 5.50. The number of hydrogen-bond donors (Lipinski definition) is 3. The molecule has 0 saturated carbocycles. The van der Waals surface area contributed by atoms with Gasteiger partial charge in [0, 0.05) is 51.5 Å². The highest BCUT2D eigenvalue weighted by molar-refractivity contribution is 6.06. The van der Waals surface area contributed by atoms with Crippen molar-refractivity contribution in [2.45, 2.75) is 6.54 Å². The lowest BCUT2D eigenvalue weighted by Crippen LogP contribution is -2.33.